The summed E-state index contributed by atoms with van der Waals surface area (Å²) in [6.45, 7) is 2.90. The van der Waals surface area contributed by atoms with Crippen LogP contribution in [0.5, 0.6) is 0 Å². The SMILES string of the molecule is Cc1nn(CC(=O)Nc2cc(Cl)ccc2-n2cncn2)c(C)c1[N+](=O)[O-]. The minimum Gasteiger partial charge on any atom is -0.323 e. The zero-order valence-corrected chi connectivity index (χ0v) is 14.6. The molecule has 0 aliphatic rings. The quantitative estimate of drug-likeness (QED) is 0.539. The molecule has 3 aromatic rings. The second-order valence-corrected chi connectivity index (χ2v) is 5.92. The molecule has 0 unspecified atom stereocenters. The van der Waals surface area contributed by atoms with Crippen molar-refractivity contribution in [3.05, 3.63) is 57.4 Å². The topological polar surface area (TPSA) is 121 Å². The molecule has 26 heavy (non-hydrogen) atoms. The summed E-state index contributed by atoms with van der Waals surface area (Å²) < 4.78 is 2.78. The van der Waals surface area contributed by atoms with Crippen LogP contribution in [0.15, 0.2) is 30.9 Å². The first-order valence-corrected chi connectivity index (χ1v) is 7.87. The number of benzene rings is 1. The van der Waals surface area contributed by atoms with Crippen molar-refractivity contribution >= 4 is 28.9 Å². The fourth-order valence-corrected chi connectivity index (χ4v) is 2.74. The lowest BCUT2D eigenvalue weighted by molar-refractivity contribution is -0.386. The third-order valence-electron chi connectivity index (χ3n) is 3.72. The Morgan fingerprint density at radius 2 is 2.15 bits per heavy atom. The van der Waals surface area contributed by atoms with E-state index in [0.717, 1.165) is 0 Å². The van der Waals surface area contributed by atoms with Gasteiger partial charge in [-0.3, -0.25) is 19.6 Å². The molecule has 1 amide bonds. The molecule has 0 aliphatic carbocycles. The van der Waals surface area contributed by atoms with Crippen LogP contribution in [0.1, 0.15) is 11.4 Å². The summed E-state index contributed by atoms with van der Waals surface area (Å²) in [7, 11) is 0. The minimum absolute atomic E-state index is 0.0936. The molecule has 0 saturated carbocycles. The van der Waals surface area contributed by atoms with E-state index in [-0.39, 0.29) is 17.9 Å². The maximum absolute atomic E-state index is 12.4. The number of nitro groups is 1. The number of nitrogens with one attached hydrogen (secondary N) is 1. The van der Waals surface area contributed by atoms with E-state index >= 15 is 0 Å². The number of hydrogen-bond acceptors (Lipinski definition) is 6. The van der Waals surface area contributed by atoms with E-state index in [1.165, 1.54) is 28.9 Å². The second-order valence-electron chi connectivity index (χ2n) is 5.48. The Morgan fingerprint density at radius 1 is 1.38 bits per heavy atom. The Balaban J connectivity index is 1.85. The van der Waals surface area contributed by atoms with Crippen LogP contribution in [-0.4, -0.2) is 35.4 Å². The van der Waals surface area contributed by atoms with E-state index in [1.807, 2.05) is 0 Å². The molecule has 2 aromatic heterocycles. The fourth-order valence-electron chi connectivity index (χ4n) is 2.57. The van der Waals surface area contributed by atoms with Crippen LogP contribution in [0.3, 0.4) is 0 Å². The van der Waals surface area contributed by atoms with Gasteiger partial charge in [0, 0.05) is 5.02 Å². The highest BCUT2D eigenvalue weighted by Crippen LogP contribution is 2.25. The zero-order valence-electron chi connectivity index (χ0n) is 13.9. The smallest absolute Gasteiger partial charge is 0.312 e. The van der Waals surface area contributed by atoms with Gasteiger partial charge in [0.25, 0.3) is 0 Å². The number of hydrogen-bond donors (Lipinski definition) is 1. The monoisotopic (exact) mass is 375 g/mol. The van der Waals surface area contributed by atoms with Crippen molar-refractivity contribution in [2.75, 3.05) is 5.32 Å². The van der Waals surface area contributed by atoms with Crippen molar-refractivity contribution in [2.24, 2.45) is 0 Å². The minimum atomic E-state index is -0.508. The first-order chi connectivity index (χ1) is 12.4. The molecule has 11 heteroatoms. The largest absolute Gasteiger partial charge is 0.323 e. The summed E-state index contributed by atoms with van der Waals surface area (Å²) >= 11 is 6.02. The van der Waals surface area contributed by atoms with Gasteiger partial charge in [-0.1, -0.05) is 11.6 Å². The summed E-state index contributed by atoms with van der Waals surface area (Å²) in [6.07, 6.45) is 2.86. The van der Waals surface area contributed by atoms with Crippen molar-refractivity contribution in [1.82, 2.24) is 24.5 Å². The van der Waals surface area contributed by atoms with Crippen LogP contribution in [-0.2, 0) is 11.3 Å². The Kier molecular flexibility index (Phi) is 4.67. The lowest BCUT2D eigenvalue weighted by atomic mass is 10.2. The summed E-state index contributed by atoms with van der Waals surface area (Å²) in [5.41, 5.74) is 1.49. The first-order valence-electron chi connectivity index (χ1n) is 7.49. The molecular formula is C15H14ClN7O3. The van der Waals surface area contributed by atoms with Gasteiger partial charge in [0.15, 0.2) is 0 Å². The third-order valence-corrected chi connectivity index (χ3v) is 3.95. The Bertz CT molecular complexity index is 982. The van der Waals surface area contributed by atoms with Gasteiger partial charge in [-0.2, -0.15) is 10.2 Å². The maximum Gasteiger partial charge on any atom is 0.312 e. The van der Waals surface area contributed by atoms with Crippen LogP contribution in [0.4, 0.5) is 11.4 Å². The standard InChI is InChI=1S/C15H14ClN7O3/c1-9-15(23(25)26)10(2)21(20-9)6-14(24)19-12-5-11(16)3-4-13(12)22-8-17-7-18-22/h3-5,7-8H,6H2,1-2H3,(H,19,24). The second kappa shape index (κ2) is 6.92. The first kappa shape index (κ1) is 17.5. The maximum atomic E-state index is 12.4. The van der Waals surface area contributed by atoms with Crippen molar-refractivity contribution in [3.8, 4) is 5.69 Å². The van der Waals surface area contributed by atoms with Crippen molar-refractivity contribution in [3.63, 3.8) is 0 Å². The van der Waals surface area contributed by atoms with Gasteiger partial charge in [-0.25, -0.2) is 9.67 Å². The molecule has 134 valence electrons. The van der Waals surface area contributed by atoms with E-state index in [1.54, 1.807) is 25.1 Å². The van der Waals surface area contributed by atoms with Gasteiger partial charge >= 0.3 is 5.69 Å². The zero-order chi connectivity index (χ0) is 18.8. The average molecular weight is 376 g/mol. The van der Waals surface area contributed by atoms with Crippen LogP contribution in [0, 0.1) is 24.0 Å². The summed E-state index contributed by atoms with van der Waals surface area (Å²) in [4.78, 5) is 26.9. The number of halogens is 1. The van der Waals surface area contributed by atoms with Crippen LogP contribution in [0.2, 0.25) is 5.02 Å². The Hall–Kier alpha value is -3.27. The molecule has 0 saturated heterocycles. The molecule has 1 aromatic carbocycles. The van der Waals surface area contributed by atoms with E-state index in [4.69, 9.17) is 11.6 Å². The molecule has 0 radical (unpaired) electrons. The number of nitrogens with zero attached hydrogens (tertiary/aromatic N) is 6. The molecule has 0 fully saturated rings. The van der Waals surface area contributed by atoms with E-state index in [9.17, 15) is 14.9 Å². The van der Waals surface area contributed by atoms with E-state index in [0.29, 0.717) is 22.1 Å². The van der Waals surface area contributed by atoms with E-state index in [2.05, 4.69) is 20.5 Å². The van der Waals surface area contributed by atoms with Crippen molar-refractivity contribution < 1.29 is 9.72 Å². The van der Waals surface area contributed by atoms with E-state index < -0.39 is 10.8 Å². The molecule has 0 bridgehead atoms. The molecule has 2 heterocycles. The highest BCUT2D eigenvalue weighted by atomic mass is 35.5. The number of carbonyl (C=O) groups is 1. The van der Waals surface area contributed by atoms with Gasteiger partial charge < -0.3 is 5.32 Å². The van der Waals surface area contributed by atoms with Crippen LogP contribution >= 0.6 is 11.6 Å². The number of anilines is 1. The molecule has 0 spiro atoms. The Morgan fingerprint density at radius 3 is 2.77 bits per heavy atom. The summed E-state index contributed by atoms with van der Waals surface area (Å²) in [6, 6.07) is 4.94. The van der Waals surface area contributed by atoms with Crippen molar-refractivity contribution in [2.45, 2.75) is 20.4 Å². The predicted molar refractivity (Wildman–Crippen MR) is 93.4 cm³/mol. The molecule has 0 atom stereocenters. The molecule has 3 rings (SSSR count). The average Bonchev–Trinajstić information content (AvgIpc) is 3.16. The number of aromatic nitrogens is 5. The molecular weight excluding hydrogens is 362 g/mol. The molecule has 0 aliphatic heterocycles. The van der Waals surface area contributed by atoms with Crippen molar-refractivity contribution in [1.29, 1.82) is 0 Å². The lowest BCUT2D eigenvalue weighted by Crippen LogP contribution is -2.21. The predicted octanol–water partition coefficient (Wildman–Crippen LogP) is 2.28. The van der Waals surface area contributed by atoms with Gasteiger partial charge in [0.2, 0.25) is 5.91 Å². The van der Waals surface area contributed by atoms with Crippen LogP contribution in [0.25, 0.3) is 5.69 Å². The number of rotatable bonds is 5. The number of carbonyl (C=O) groups excluding carboxylic acids is 1. The molecule has 1 N–H and O–H groups in total. The van der Waals surface area contributed by atoms with Crippen LogP contribution < -0.4 is 5.32 Å². The Labute approximate surface area is 152 Å². The highest BCUT2D eigenvalue weighted by Gasteiger charge is 2.23. The highest BCUT2D eigenvalue weighted by molar-refractivity contribution is 6.31. The summed E-state index contributed by atoms with van der Waals surface area (Å²) in [5.74, 6) is -0.408. The van der Waals surface area contributed by atoms with Gasteiger partial charge in [0.1, 0.15) is 30.6 Å². The number of aryl methyl sites for hydroxylation is 1. The normalized spacial score (nSPS) is 10.7. The fraction of sp³-hybridized carbons (Fsp3) is 0.200. The lowest BCUT2D eigenvalue weighted by Gasteiger charge is -2.11. The van der Waals surface area contributed by atoms with Gasteiger partial charge in [0.05, 0.1) is 16.3 Å². The summed E-state index contributed by atoms with van der Waals surface area (Å²) in [5, 5.41) is 22.3. The number of amides is 1. The van der Waals surface area contributed by atoms with Gasteiger partial charge in [-0.15, -0.1) is 0 Å². The van der Waals surface area contributed by atoms with Gasteiger partial charge in [-0.05, 0) is 32.0 Å². The third kappa shape index (κ3) is 3.40. The molecule has 10 nitrogen and oxygen atoms in total.